The summed E-state index contributed by atoms with van der Waals surface area (Å²) in [7, 11) is 0. The van der Waals surface area contributed by atoms with Gasteiger partial charge in [-0.05, 0) is 38.5 Å². The largest absolute Gasteiger partial charge is 0.466 e. The van der Waals surface area contributed by atoms with Gasteiger partial charge in [-0.3, -0.25) is 9.59 Å². The molecule has 118 valence electrons. The number of carbonyl (C=O) groups excluding carboxylic acids is 2. The summed E-state index contributed by atoms with van der Waals surface area (Å²) in [5.41, 5.74) is 0. The van der Waals surface area contributed by atoms with Crippen molar-refractivity contribution in [3.8, 4) is 0 Å². The van der Waals surface area contributed by atoms with Gasteiger partial charge in [-0.2, -0.15) is 0 Å². The van der Waals surface area contributed by atoms with Crippen LogP contribution in [0, 0.1) is 5.92 Å². The van der Waals surface area contributed by atoms with E-state index < -0.39 is 0 Å². The van der Waals surface area contributed by atoms with E-state index in [1.807, 2.05) is 13.8 Å². The zero-order valence-electron chi connectivity index (χ0n) is 13.4. The lowest BCUT2D eigenvalue weighted by Crippen LogP contribution is -2.15. The molecule has 0 radical (unpaired) electrons. The van der Waals surface area contributed by atoms with Crippen LogP contribution < -0.4 is 0 Å². The molecule has 0 saturated carbocycles. The molecule has 0 saturated heterocycles. The highest BCUT2D eigenvalue weighted by Gasteiger charge is 2.11. The second kappa shape index (κ2) is 11.7. The Morgan fingerprint density at radius 2 is 1.60 bits per heavy atom. The van der Waals surface area contributed by atoms with Gasteiger partial charge >= 0.3 is 11.9 Å². The maximum Gasteiger partial charge on any atom is 0.306 e. The van der Waals surface area contributed by atoms with Gasteiger partial charge in [-0.15, -0.1) is 0 Å². The number of rotatable bonds is 11. The molecule has 4 nitrogen and oxygen atoms in total. The van der Waals surface area contributed by atoms with Crippen molar-refractivity contribution in [3.63, 3.8) is 0 Å². The zero-order valence-corrected chi connectivity index (χ0v) is 13.4. The fourth-order valence-electron chi connectivity index (χ4n) is 1.82. The Hall–Kier alpha value is -1.06. The Labute approximate surface area is 123 Å². The molecule has 0 aromatic carbocycles. The SMILES string of the molecule is CCCOC(=O)CCCC(=O)OC(C)CCCC(C)C. The third-order valence-corrected chi connectivity index (χ3v) is 2.95. The molecule has 0 aromatic rings. The van der Waals surface area contributed by atoms with Crippen LogP contribution in [-0.4, -0.2) is 24.6 Å². The monoisotopic (exact) mass is 286 g/mol. The minimum Gasteiger partial charge on any atom is -0.466 e. The Balaban J connectivity index is 3.59. The average Bonchev–Trinajstić information content (AvgIpc) is 2.35. The third kappa shape index (κ3) is 12.0. The van der Waals surface area contributed by atoms with Crippen LogP contribution in [0.4, 0.5) is 0 Å². The van der Waals surface area contributed by atoms with Crippen LogP contribution >= 0.6 is 0 Å². The van der Waals surface area contributed by atoms with Gasteiger partial charge in [0.2, 0.25) is 0 Å². The van der Waals surface area contributed by atoms with E-state index in [1.165, 1.54) is 0 Å². The van der Waals surface area contributed by atoms with Crippen LogP contribution in [0.15, 0.2) is 0 Å². The molecule has 0 heterocycles. The van der Waals surface area contributed by atoms with E-state index in [0.717, 1.165) is 25.7 Å². The molecular formula is C16H30O4. The lowest BCUT2D eigenvalue weighted by molar-refractivity contribution is -0.149. The maximum absolute atomic E-state index is 11.6. The van der Waals surface area contributed by atoms with Crippen molar-refractivity contribution in [2.24, 2.45) is 5.92 Å². The minimum absolute atomic E-state index is 0.0340. The van der Waals surface area contributed by atoms with Crippen molar-refractivity contribution in [1.82, 2.24) is 0 Å². The molecule has 0 rings (SSSR count). The van der Waals surface area contributed by atoms with Crippen LogP contribution in [-0.2, 0) is 19.1 Å². The van der Waals surface area contributed by atoms with Crippen LogP contribution in [0.3, 0.4) is 0 Å². The third-order valence-electron chi connectivity index (χ3n) is 2.95. The Morgan fingerprint density at radius 3 is 2.20 bits per heavy atom. The van der Waals surface area contributed by atoms with E-state index in [4.69, 9.17) is 9.47 Å². The Kier molecular flexibility index (Phi) is 11.1. The maximum atomic E-state index is 11.6. The molecule has 0 fully saturated rings. The van der Waals surface area contributed by atoms with Crippen molar-refractivity contribution >= 4 is 11.9 Å². The molecule has 0 aliphatic rings. The van der Waals surface area contributed by atoms with Gasteiger partial charge < -0.3 is 9.47 Å². The first-order chi connectivity index (χ1) is 9.45. The normalized spacial score (nSPS) is 12.2. The number of carbonyl (C=O) groups is 2. The summed E-state index contributed by atoms with van der Waals surface area (Å²) >= 11 is 0. The van der Waals surface area contributed by atoms with Crippen LogP contribution in [0.1, 0.15) is 72.6 Å². The molecule has 0 amide bonds. The van der Waals surface area contributed by atoms with Crippen molar-refractivity contribution in [3.05, 3.63) is 0 Å². The Bertz CT molecular complexity index is 274. The standard InChI is InChI=1S/C16H30O4/c1-5-12-19-15(17)10-7-11-16(18)20-14(4)9-6-8-13(2)3/h13-14H,5-12H2,1-4H3. The van der Waals surface area contributed by atoms with Crippen LogP contribution in [0.2, 0.25) is 0 Å². The number of esters is 2. The van der Waals surface area contributed by atoms with Crippen molar-refractivity contribution in [2.45, 2.75) is 78.7 Å². The van der Waals surface area contributed by atoms with E-state index in [9.17, 15) is 9.59 Å². The quantitative estimate of drug-likeness (QED) is 0.541. The van der Waals surface area contributed by atoms with Gasteiger partial charge in [0.05, 0.1) is 12.7 Å². The summed E-state index contributed by atoms with van der Waals surface area (Å²) in [4.78, 5) is 22.8. The van der Waals surface area contributed by atoms with Crippen molar-refractivity contribution < 1.29 is 19.1 Å². The first kappa shape index (κ1) is 18.9. The summed E-state index contributed by atoms with van der Waals surface area (Å²) < 4.78 is 10.2. The highest BCUT2D eigenvalue weighted by molar-refractivity contribution is 5.72. The number of ether oxygens (including phenoxy) is 2. The van der Waals surface area contributed by atoms with Crippen molar-refractivity contribution in [1.29, 1.82) is 0 Å². The van der Waals surface area contributed by atoms with Crippen LogP contribution in [0.5, 0.6) is 0 Å². The second-order valence-electron chi connectivity index (χ2n) is 5.70. The average molecular weight is 286 g/mol. The first-order valence-corrected chi connectivity index (χ1v) is 7.80. The lowest BCUT2D eigenvalue weighted by Gasteiger charge is -2.13. The summed E-state index contributed by atoms with van der Waals surface area (Å²) in [6, 6.07) is 0. The smallest absolute Gasteiger partial charge is 0.306 e. The van der Waals surface area contributed by atoms with E-state index in [-0.39, 0.29) is 30.9 Å². The number of hydrogen-bond donors (Lipinski definition) is 0. The molecular weight excluding hydrogens is 256 g/mol. The van der Waals surface area contributed by atoms with Gasteiger partial charge in [-0.25, -0.2) is 0 Å². The summed E-state index contributed by atoms with van der Waals surface area (Å²) in [5, 5.41) is 0. The predicted molar refractivity (Wildman–Crippen MR) is 79.3 cm³/mol. The summed E-state index contributed by atoms with van der Waals surface area (Å²) in [6.45, 7) is 8.71. The molecule has 0 aliphatic heterocycles. The van der Waals surface area contributed by atoms with Crippen molar-refractivity contribution in [2.75, 3.05) is 6.61 Å². The molecule has 4 heteroatoms. The highest BCUT2D eigenvalue weighted by Crippen LogP contribution is 2.11. The Morgan fingerprint density at radius 1 is 0.950 bits per heavy atom. The van der Waals surface area contributed by atoms with E-state index in [1.54, 1.807) is 0 Å². The van der Waals surface area contributed by atoms with Gasteiger partial charge in [-0.1, -0.05) is 27.2 Å². The zero-order chi connectivity index (χ0) is 15.4. The van der Waals surface area contributed by atoms with Gasteiger partial charge in [0.15, 0.2) is 0 Å². The predicted octanol–water partition coefficient (Wildman–Crippen LogP) is 3.87. The van der Waals surface area contributed by atoms with E-state index in [0.29, 0.717) is 18.9 Å². The fraction of sp³-hybridized carbons (Fsp3) is 0.875. The molecule has 0 bridgehead atoms. The summed E-state index contributed by atoms with van der Waals surface area (Å²) in [5.74, 6) is 0.238. The molecule has 0 aliphatic carbocycles. The van der Waals surface area contributed by atoms with E-state index in [2.05, 4.69) is 13.8 Å². The van der Waals surface area contributed by atoms with Gasteiger partial charge in [0, 0.05) is 12.8 Å². The first-order valence-electron chi connectivity index (χ1n) is 7.80. The lowest BCUT2D eigenvalue weighted by atomic mass is 10.0. The molecule has 0 aromatic heterocycles. The fourth-order valence-corrected chi connectivity index (χ4v) is 1.82. The molecule has 1 atom stereocenters. The molecule has 1 unspecified atom stereocenters. The topological polar surface area (TPSA) is 52.6 Å². The molecule has 20 heavy (non-hydrogen) atoms. The summed E-state index contributed by atoms with van der Waals surface area (Å²) in [6.07, 6.45) is 5.01. The van der Waals surface area contributed by atoms with Gasteiger partial charge in [0.1, 0.15) is 0 Å². The van der Waals surface area contributed by atoms with E-state index >= 15 is 0 Å². The van der Waals surface area contributed by atoms with Gasteiger partial charge in [0.25, 0.3) is 0 Å². The molecule has 0 N–H and O–H groups in total. The molecule has 0 spiro atoms. The minimum atomic E-state index is -0.232. The highest BCUT2D eigenvalue weighted by atomic mass is 16.5. The second-order valence-corrected chi connectivity index (χ2v) is 5.70. The number of hydrogen-bond acceptors (Lipinski definition) is 4. The van der Waals surface area contributed by atoms with Crippen LogP contribution in [0.25, 0.3) is 0 Å².